The molecule has 0 unspecified atom stereocenters. The third kappa shape index (κ3) is 2.78. The molecule has 0 aliphatic heterocycles. The zero-order valence-corrected chi connectivity index (χ0v) is 13.1. The Morgan fingerprint density at radius 1 is 1.26 bits per heavy atom. The second-order valence-corrected chi connectivity index (χ2v) is 5.88. The smallest absolute Gasteiger partial charge is 0.265 e. The highest BCUT2D eigenvalue weighted by Crippen LogP contribution is 2.25. The van der Waals surface area contributed by atoms with Crippen LogP contribution in [0.4, 0.5) is 0 Å². The summed E-state index contributed by atoms with van der Waals surface area (Å²) in [5.41, 5.74) is 3.89. The largest absolute Gasteiger partial charge is 0.306 e. The number of halogens is 1. The number of aromatic amines is 1. The first-order chi connectivity index (χ1) is 8.90. The van der Waals surface area contributed by atoms with Crippen molar-refractivity contribution in [2.45, 2.75) is 33.6 Å². The summed E-state index contributed by atoms with van der Waals surface area (Å²) in [6.07, 6.45) is 0. The Labute approximate surface area is 121 Å². The summed E-state index contributed by atoms with van der Waals surface area (Å²) in [4.78, 5) is 19.4. The molecule has 0 radical (unpaired) electrons. The summed E-state index contributed by atoms with van der Waals surface area (Å²) in [7, 11) is 0. The van der Waals surface area contributed by atoms with Gasteiger partial charge in [-0.2, -0.15) is 0 Å². The summed E-state index contributed by atoms with van der Waals surface area (Å²) < 4.78 is 0.525. The fourth-order valence-corrected chi connectivity index (χ4v) is 2.62. The van der Waals surface area contributed by atoms with Crippen molar-refractivity contribution in [1.29, 1.82) is 0 Å². The molecule has 19 heavy (non-hydrogen) atoms. The maximum Gasteiger partial charge on any atom is 0.265 e. The summed E-state index contributed by atoms with van der Waals surface area (Å²) in [6, 6.07) is 6.15. The van der Waals surface area contributed by atoms with Gasteiger partial charge in [-0.25, -0.2) is 4.98 Å². The molecule has 1 heterocycles. The number of aryl methyl sites for hydroxylation is 2. The molecule has 1 aromatic carbocycles. The number of H-pyrrole nitrogens is 1. The van der Waals surface area contributed by atoms with Crippen LogP contribution in [-0.2, 0) is 0 Å². The van der Waals surface area contributed by atoms with Gasteiger partial charge in [0.2, 0.25) is 0 Å². The molecule has 0 aliphatic rings. The summed E-state index contributed by atoms with van der Waals surface area (Å²) in [5.74, 6) is 0.832. The zero-order chi connectivity index (χ0) is 14.2. The van der Waals surface area contributed by atoms with E-state index in [9.17, 15) is 4.79 Å². The molecule has 100 valence electrons. The first-order valence-corrected chi connectivity index (χ1v) is 7.06. The number of aromatic nitrogens is 2. The lowest BCUT2D eigenvalue weighted by Gasteiger charge is -2.11. The predicted octanol–water partition coefficient (Wildman–Crippen LogP) is 3.94. The second kappa shape index (κ2) is 5.29. The van der Waals surface area contributed by atoms with E-state index in [0.29, 0.717) is 10.3 Å². The molecule has 0 fully saturated rings. The summed E-state index contributed by atoms with van der Waals surface area (Å²) >= 11 is 3.31. The molecule has 0 atom stereocenters. The number of hydrogen-bond donors (Lipinski definition) is 1. The Morgan fingerprint density at radius 2 is 1.95 bits per heavy atom. The van der Waals surface area contributed by atoms with E-state index in [-0.39, 0.29) is 11.5 Å². The highest BCUT2D eigenvalue weighted by molar-refractivity contribution is 9.10. The Balaban J connectivity index is 2.70. The normalized spacial score (nSPS) is 11.1. The Hall–Kier alpha value is -1.42. The average molecular weight is 321 g/mol. The minimum absolute atomic E-state index is 0.130. The van der Waals surface area contributed by atoms with Gasteiger partial charge >= 0.3 is 0 Å². The van der Waals surface area contributed by atoms with Gasteiger partial charge in [0.15, 0.2) is 0 Å². The van der Waals surface area contributed by atoms with Crippen molar-refractivity contribution in [3.8, 4) is 11.4 Å². The lowest BCUT2D eigenvalue weighted by Crippen LogP contribution is -2.14. The van der Waals surface area contributed by atoms with E-state index in [4.69, 9.17) is 0 Å². The average Bonchev–Trinajstić information content (AvgIpc) is 2.35. The fourth-order valence-electron chi connectivity index (χ4n) is 1.98. The van der Waals surface area contributed by atoms with Crippen LogP contribution in [0, 0.1) is 13.8 Å². The quantitative estimate of drug-likeness (QED) is 0.910. The predicted molar refractivity (Wildman–Crippen MR) is 81.6 cm³/mol. The molecule has 1 aromatic heterocycles. The van der Waals surface area contributed by atoms with Crippen LogP contribution in [0.1, 0.15) is 36.6 Å². The van der Waals surface area contributed by atoms with Crippen LogP contribution in [0.2, 0.25) is 0 Å². The summed E-state index contributed by atoms with van der Waals surface area (Å²) in [5, 5.41) is 0. The highest BCUT2D eigenvalue weighted by atomic mass is 79.9. The van der Waals surface area contributed by atoms with E-state index in [1.165, 1.54) is 0 Å². The zero-order valence-electron chi connectivity index (χ0n) is 11.5. The highest BCUT2D eigenvalue weighted by Gasteiger charge is 2.14. The van der Waals surface area contributed by atoms with Crippen LogP contribution < -0.4 is 5.56 Å². The Kier molecular flexibility index (Phi) is 3.90. The molecule has 0 saturated heterocycles. The maximum atomic E-state index is 12.0. The van der Waals surface area contributed by atoms with Gasteiger partial charge in [0.1, 0.15) is 10.3 Å². The van der Waals surface area contributed by atoms with Crippen molar-refractivity contribution in [2.75, 3.05) is 0 Å². The number of nitrogens with zero attached hydrogens (tertiary/aromatic N) is 1. The van der Waals surface area contributed by atoms with E-state index >= 15 is 0 Å². The molecule has 4 heteroatoms. The first kappa shape index (κ1) is 14.0. The Bertz CT molecular complexity index is 674. The van der Waals surface area contributed by atoms with Crippen molar-refractivity contribution in [3.05, 3.63) is 49.8 Å². The molecule has 1 N–H and O–H groups in total. The van der Waals surface area contributed by atoms with Crippen LogP contribution in [0.15, 0.2) is 27.5 Å². The van der Waals surface area contributed by atoms with Crippen molar-refractivity contribution >= 4 is 15.9 Å². The van der Waals surface area contributed by atoms with Crippen LogP contribution in [0.3, 0.4) is 0 Å². The standard InChI is InChI=1S/C15H17BrN2O/c1-8(2)13-12(16)15(19)18-14(17-13)11-7-9(3)5-6-10(11)4/h5-8H,1-4H3,(H,17,18,19). The number of benzene rings is 1. The van der Waals surface area contributed by atoms with Crippen LogP contribution in [0.25, 0.3) is 11.4 Å². The molecular weight excluding hydrogens is 304 g/mol. The van der Waals surface area contributed by atoms with Crippen molar-refractivity contribution in [1.82, 2.24) is 9.97 Å². The minimum Gasteiger partial charge on any atom is -0.306 e. The fraction of sp³-hybridized carbons (Fsp3) is 0.333. The maximum absolute atomic E-state index is 12.0. The molecule has 3 nitrogen and oxygen atoms in total. The molecular formula is C15H17BrN2O. The van der Waals surface area contributed by atoms with Crippen LogP contribution in [0.5, 0.6) is 0 Å². The third-order valence-electron chi connectivity index (χ3n) is 3.08. The van der Waals surface area contributed by atoms with E-state index < -0.39 is 0 Å². The Morgan fingerprint density at radius 3 is 2.58 bits per heavy atom. The van der Waals surface area contributed by atoms with Crippen molar-refractivity contribution in [3.63, 3.8) is 0 Å². The molecule has 0 amide bonds. The van der Waals surface area contributed by atoms with E-state index in [0.717, 1.165) is 22.4 Å². The molecule has 0 aliphatic carbocycles. The monoisotopic (exact) mass is 320 g/mol. The van der Waals surface area contributed by atoms with Gasteiger partial charge in [-0.1, -0.05) is 31.5 Å². The molecule has 0 bridgehead atoms. The molecule has 0 spiro atoms. The summed E-state index contributed by atoms with van der Waals surface area (Å²) in [6.45, 7) is 8.11. The third-order valence-corrected chi connectivity index (χ3v) is 3.85. The van der Waals surface area contributed by atoms with Gasteiger partial charge in [0.05, 0.1) is 5.69 Å². The van der Waals surface area contributed by atoms with E-state index in [1.54, 1.807) is 0 Å². The topological polar surface area (TPSA) is 45.8 Å². The second-order valence-electron chi connectivity index (χ2n) is 5.09. The molecule has 2 aromatic rings. The van der Waals surface area contributed by atoms with Gasteiger partial charge < -0.3 is 4.98 Å². The first-order valence-electron chi connectivity index (χ1n) is 6.27. The van der Waals surface area contributed by atoms with Gasteiger partial charge in [0, 0.05) is 5.56 Å². The van der Waals surface area contributed by atoms with E-state index in [1.807, 2.05) is 39.8 Å². The van der Waals surface area contributed by atoms with Crippen molar-refractivity contribution in [2.24, 2.45) is 0 Å². The lowest BCUT2D eigenvalue weighted by molar-refractivity contribution is 0.803. The SMILES string of the molecule is Cc1ccc(C)c(-c2nc(C(C)C)c(Br)c(=O)[nH]2)c1. The molecule has 0 saturated carbocycles. The van der Waals surface area contributed by atoms with Gasteiger partial charge in [0.25, 0.3) is 5.56 Å². The van der Waals surface area contributed by atoms with Gasteiger partial charge in [-0.3, -0.25) is 4.79 Å². The number of nitrogens with one attached hydrogen (secondary N) is 1. The molecule has 2 rings (SSSR count). The number of hydrogen-bond acceptors (Lipinski definition) is 2. The van der Waals surface area contributed by atoms with Gasteiger partial charge in [-0.05, 0) is 47.3 Å². The van der Waals surface area contributed by atoms with Gasteiger partial charge in [-0.15, -0.1) is 0 Å². The number of rotatable bonds is 2. The minimum atomic E-state index is -0.130. The lowest BCUT2D eigenvalue weighted by atomic mass is 10.0. The van der Waals surface area contributed by atoms with E-state index in [2.05, 4.69) is 32.0 Å². The van der Waals surface area contributed by atoms with Crippen molar-refractivity contribution < 1.29 is 0 Å². The van der Waals surface area contributed by atoms with Crippen LogP contribution in [-0.4, -0.2) is 9.97 Å². The van der Waals surface area contributed by atoms with Crippen LogP contribution >= 0.6 is 15.9 Å².